The molecule has 1 aromatic rings. The Morgan fingerprint density at radius 2 is 2.06 bits per heavy atom. The molecule has 0 unspecified atom stereocenters. The summed E-state index contributed by atoms with van der Waals surface area (Å²) in [5.74, 6) is -0.224. The highest BCUT2D eigenvalue weighted by Crippen LogP contribution is 2.26. The molecular weight excluding hydrogens is 235 g/mol. The number of ether oxygens (including phenoxy) is 1. The zero-order valence-electron chi connectivity index (χ0n) is 9.39. The van der Waals surface area contributed by atoms with Crippen LogP contribution in [0.15, 0.2) is 18.2 Å². The van der Waals surface area contributed by atoms with E-state index in [2.05, 4.69) is 5.32 Å². The molecule has 1 N–H and O–H groups in total. The molecule has 0 aliphatic rings. The maximum absolute atomic E-state index is 12.3. The third-order valence-electron chi connectivity index (χ3n) is 2.18. The molecule has 0 aliphatic heterocycles. The smallest absolute Gasteiger partial charge is 0.393 e. The molecule has 1 rings (SSSR count). The number of carbonyl (C=O) groups is 1. The summed E-state index contributed by atoms with van der Waals surface area (Å²) in [7, 11) is 2.74. The molecule has 0 radical (unpaired) electrons. The van der Waals surface area contributed by atoms with E-state index < -0.39 is 18.5 Å². The van der Waals surface area contributed by atoms with Gasteiger partial charge in [0.05, 0.1) is 13.5 Å². The lowest BCUT2D eigenvalue weighted by molar-refractivity contribution is -0.127. The summed E-state index contributed by atoms with van der Waals surface area (Å²) in [6.45, 7) is 0. The number of rotatable bonds is 3. The first-order valence-corrected chi connectivity index (χ1v) is 4.83. The van der Waals surface area contributed by atoms with E-state index in [-0.39, 0.29) is 11.1 Å². The van der Waals surface area contributed by atoms with Gasteiger partial charge in [-0.2, -0.15) is 13.2 Å². The number of hydrogen-bond donors (Lipinski definition) is 1. The number of carbonyl (C=O) groups excluding carboxylic acids is 1. The van der Waals surface area contributed by atoms with Crippen LogP contribution in [-0.4, -0.2) is 26.2 Å². The van der Waals surface area contributed by atoms with Crippen LogP contribution in [-0.2, 0) is 6.42 Å². The zero-order chi connectivity index (χ0) is 13.1. The number of benzene rings is 1. The number of nitrogens with one attached hydrogen (secondary N) is 1. The van der Waals surface area contributed by atoms with Crippen LogP contribution in [0.2, 0.25) is 0 Å². The molecule has 0 spiro atoms. The van der Waals surface area contributed by atoms with Gasteiger partial charge in [0.25, 0.3) is 5.91 Å². The molecule has 3 nitrogen and oxygen atoms in total. The van der Waals surface area contributed by atoms with Crippen molar-refractivity contribution in [2.45, 2.75) is 12.6 Å². The largest absolute Gasteiger partial charge is 0.497 e. The Bertz CT molecular complexity index is 416. The van der Waals surface area contributed by atoms with Crippen molar-refractivity contribution < 1.29 is 22.7 Å². The molecule has 0 atom stereocenters. The van der Waals surface area contributed by atoms with E-state index >= 15 is 0 Å². The summed E-state index contributed by atoms with van der Waals surface area (Å²) in [5, 5.41) is 2.30. The Morgan fingerprint density at radius 3 is 2.53 bits per heavy atom. The lowest BCUT2D eigenvalue weighted by Crippen LogP contribution is -2.22. The number of alkyl halides is 3. The van der Waals surface area contributed by atoms with E-state index in [9.17, 15) is 18.0 Å². The van der Waals surface area contributed by atoms with E-state index in [1.807, 2.05) is 0 Å². The highest BCUT2D eigenvalue weighted by molar-refractivity contribution is 5.95. The summed E-state index contributed by atoms with van der Waals surface area (Å²) < 4.78 is 41.8. The normalized spacial score (nSPS) is 11.1. The van der Waals surface area contributed by atoms with Gasteiger partial charge in [-0.15, -0.1) is 0 Å². The lowest BCUT2D eigenvalue weighted by Gasteiger charge is -2.12. The minimum atomic E-state index is -4.35. The quantitative estimate of drug-likeness (QED) is 0.888. The molecule has 1 amide bonds. The first-order chi connectivity index (χ1) is 7.87. The molecule has 0 fully saturated rings. The van der Waals surface area contributed by atoms with E-state index in [4.69, 9.17) is 4.74 Å². The Balaban J connectivity index is 3.15. The van der Waals surface area contributed by atoms with Gasteiger partial charge in [-0.25, -0.2) is 0 Å². The molecule has 0 heterocycles. The van der Waals surface area contributed by atoms with Crippen molar-refractivity contribution in [3.05, 3.63) is 29.3 Å². The van der Waals surface area contributed by atoms with Crippen molar-refractivity contribution >= 4 is 5.91 Å². The average molecular weight is 247 g/mol. The van der Waals surface area contributed by atoms with E-state index in [0.717, 1.165) is 0 Å². The molecule has 0 saturated carbocycles. The fraction of sp³-hybridized carbons (Fsp3) is 0.364. The third-order valence-corrected chi connectivity index (χ3v) is 2.18. The van der Waals surface area contributed by atoms with Crippen molar-refractivity contribution in [2.24, 2.45) is 0 Å². The monoisotopic (exact) mass is 247 g/mol. The second kappa shape index (κ2) is 5.07. The Morgan fingerprint density at radius 1 is 1.41 bits per heavy atom. The van der Waals surface area contributed by atoms with Crippen molar-refractivity contribution in [1.29, 1.82) is 0 Å². The SMILES string of the molecule is CNC(=O)c1cc(OC)ccc1CC(F)(F)F. The van der Waals surface area contributed by atoms with Gasteiger partial charge >= 0.3 is 6.18 Å². The van der Waals surface area contributed by atoms with Gasteiger partial charge in [0, 0.05) is 12.6 Å². The maximum atomic E-state index is 12.3. The first kappa shape index (κ1) is 13.3. The summed E-state index contributed by atoms with van der Waals surface area (Å²) >= 11 is 0. The Labute approximate surface area is 96.6 Å². The van der Waals surface area contributed by atoms with Crippen LogP contribution in [0.25, 0.3) is 0 Å². The number of halogens is 3. The molecule has 0 aliphatic carbocycles. The van der Waals surface area contributed by atoms with Crippen molar-refractivity contribution in [3.8, 4) is 5.75 Å². The van der Waals surface area contributed by atoms with E-state index in [0.29, 0.717) is 5.75 Å². The van der Waals surface area contributed by atoms with Gasteiger partial charge < -0.3 is 10.1 Å². The average Bonchev–Trinajstić information content (AvgIpc) is 2.26. The first-order valence-electron chi connectivity index (χ1n) is 4.83. The van der Waals surface area contributed by atoms with Crippen LogP contribution in [0.3, 0.4) is 0 Å². The Hall–Kier alpha value is -1.72. The topological polar surface area (TPSA) is 38.3 Å². The Kier molecular flexibility index (Phi) is 3.98. The molecule has 0 saturated heterocycles. The predicted molar refractivity (Wildman–Crippen MR) is 56.1 cm³/mol. The molecule has 6 heteroatoms. The van der Waals surface area contributed by atoms with Gasteiger partial charge in [0.1, 0.15) is 5.75 Å². The van der Waals surface area contributed by atoms with Crippen molar-refractivity contribution in [3.63, 3.8) is 0 Å². The molecular formula is C11H12F3NO2. The number of methoxy groups -OCH3 is 1. The minimum absolute atomic E-state index is 0.0239. The third kappa shape index (κ3) is 3.65. The molecule has 94 valence electrons. The summed E-state index contributed by atoms with van der Waals surface area (Å²) in [6, 6.07) is 3.93. The van der Waals surface area contributed by atoms with E-state index in [1.165, 1.54) is 32.4 Å². The summed E-state index contributed by atoms with van der Waals surface area (Å²) in [4.78, 5) is 11.5. The molecule has 1 aromatic carbocycles. The minimum Gasteiger partial charge on any atom is -0.497 e. The lowest BCUT2D eigenvalue weighted by atomic mass is 10.0. The van der Waals surface area contributed by atoms with Gasteiger partial charge in [0.2, 0.25) is 0 Å². The highest BCUT2D eigenvalue weighted by atomic mass is 19.4. The number of hydrogen-bond acceptors (Lipinski definition) is 2. The van der Waals surface area contributed by atoms with Gasteiger partial charge in [-0.1, -0.05) is 6.07 Å². The van der Waals surface area contributed by atoms with Crippen LogP contribution in [0, 0.1) is 0 Å². The van der Waals surface area contributed by atoms with Gasteiger partial charge in [0.15, 0.2) is 0 Å². The van der Waals surface area contributed by atoms with Crippen LogP contribution in [0.4, 0.5) is 13.2 Å². The molecule has 0 bridgehead atoms. The fourth-order valence-corrected chi connectivity index (χ4v) is 1.40. The van der Waals surface area contributed by atoms with Crippen molar-refractivity contribution in [2.75, 3.05) is 14.2 Å². The zero-order valence-corrected chi connectivity index (χ0v) is 9.39. The van der Waals surface area contributed by atoms with Gasteiger partial charge in [-0.3, -0.25) is 4.79 Å². The summed E-state index contributed by atoms with van der Waals surface area (Å²) in [5.41, 5.74) is -0.0955. The van der Waals surface area contributed by atoms with Crippen LogP contribution < -0.4 is 10.1 Å². The van der Waals surface area contributed by atoms with Gasteiger partial charge in [-0.05, 0) is 17.7 Å². The van der Waals surface area contributed by atoms with Crippen LogP contribution >= 0.6 is 0 Å². The van der Waals surface area contributed by atoms with Crippen LogP contribution in [0.5, 0.6) is 5.75 Å². The fourth-order valence-electron chi connectivity index (χ4n) is 1.40. The molecule has 0 aromatic heterocycles. The predicted octanol–water partition coefficient (Wildman–Crippen LogP) is 2.16. The maximum Gasteiger partial charge on any atom is 0.393 e. The van der Waals surface area contributed by atoms with Crippen LogP contribution in [0.1, 0.15) is 15.9 Å². The van der Waals surface area contributed by atoms with Crippen molar-refractivity contribution in [1.82, 2.24) is 5.32 Å². The summed E-state index contributed by atoms with van der Waals surface area (Å²) in [6.07, 6.45) is -5.49. The molecule has 17 heavy (non-hydrogen) atoms. The highest BCUT2D eigenvalue weighted by Gasteiger charge is 2.29. The standard InChI is InChI=1S/C11H12F3NO2/c1-15-10(16)9-5-8(17-2)4-3-7(9)6-11(12,13)14/h3-5H,6H2,1-2H3,(H,15,16). The second-order valence-electron chi connectivity index (χ2n) is 3.39. The second-order valence-corrected chi connectivity index (χ2v) is 3.39. The number of amides is 1. The van der Waals surface area contributed by atoms with E-state index in [1.54, 1.807) is 0 Å².